The number of nitrogens with one attached hydrogen (secondary N) is 2. The van der Waals surface area contributed by atoms with Crippen LogP contribution in [0.25, 0.3) is 0 Å². The first-order chi connectivity index (χ1) is 8.61. The van der Waals surface area contributed by atoms with Gasteiger partial charge in [0.25, 0.3) is 0 Å². The van der Waals surface area contributed by atoms with Gasteiger partial charge in [0.2, 0.25) is 0 Å². The smallest absolute Gasteiger partial charge is 0.319 e. The van der Waals surface area contributed by atoms with Gasteiger partial charge in [-0.15, -0.1) is 0 Å². The van der Waals surface area contributed by atoms with Crippen molar-refractivity contribution >= 4 is 23.4 Å². The number of benzene rings is 1. The summed E-state index contributed by atoms with van der Waals surface area (Å²) in [5.41, 5.74) is 6.74. The van der Waals surface area contributed by atoms with Crippen LogP contribution < -0.4 is 16.4 Å². The van der Waals surface area contributed by atoms with Crippen molar-refractivity contribution in [3.8, 4) is 0 Å². The maximum Gasteiger partial charge on any atom is 0.319 e. The molecule has 0 bridgehead atoms. The van der Waals surface area contributed by atoms with E-state index in [0.717, 1.165) is 0 Å². The molecule has 0 radical (unpaired) electrons. The second kappa shape index (κ2) is 7.16. The van der Waals surface area contributed by atoms with Gasteiger partial charge in [0.15, 0.2) is 0 Å². The Labute approximate surface area is 105 Å². The Balaban J connectivity index is 2.28. The van der Waals surface area contributed by atoms with E-state index in [1.165, 1.54) is 0 Å². The third kappa shape index (κ3) is 5.20. The van der Waals surface area contributed by atoms with Crippen LogP contribution in [0.5, 0.6) is 0 Å². The van der Waals surface area contributed by atoms with Gasteiger partial charge >= 0.3 is 12.0 Å². The molecule has 4 N–H and O–H groups in total. The number of urea groups is 1. The second-order valence-electron chi connectivity index (χ2n) is 3.56. The summed E-state index contributed by atoms with van der Waals surface area (Å²) in [6, 6.07) is 6.45. The van der Waals surface area contributed by atoms with E-state index in [9.17, 15) is 9.59 Å². The maximum absolute atomic E-state index is 11.4. The fraction of sp³-hybridized carbons (Fsp3) is 0.333. The van der Waals surface area contributed by atoms with Crippen molar-refractivity contribution in [2.75, 3.05) is 24.2 Å². The van der Waals surface area contributed by atoms with Crippen LogP contribution >= 0.6 is 0 Å². The number of nitrogens with two attached hydrogens (primary N) is 1. The number of hydrogen-bond acceptors (Lipinski definition) is 4. The largest absolute Gasteiger partial charge is 0.466 e. The fourth-order valence-corrected chi connectivity index (χ4v) is 1.30. The van der Waals surface area contributed by atoms with Gasteiger partial charge in [-0.1, -0.05) is 6.07 Å². The van der Waals surface area contributed by atoms with Crippen LogP contribution in [0.1, 0.15) is 13.3 Å². The molecule has 0 unspecified atom stereocenters. The summed E-state index contributed by atoms with van der Waals surface area (Å²) < 4.78 is 4.73. The molecule has 1 aromatic rings. The lowest BCUT2D eigenvalue weighted by Gasteiger charge is -2.07. The van der Waals surface area contributed by atoms with E-state index < -0.39 is 0 Å². The molecule has 18 heavy (non-hydrogen) atoms. The molecule has 0 heterocycles. The standard InChI is InChI=1S/C12H17N3O3/c1-2-18-11(16)6-7-14-12(17)15-10-5-3-4-9(13)8-10/h3-5,8H,2,6-7,13H2,1H3,(H2,14,15,17). The molecule has 6 nitrogen and oxygen atoms in total. The topological polar surface area (TPSA) is 93.4 Å². The fourth-order valence-electron chi connectivity index (χ4n) is 1.30. The van der Waals surface area contributed by atoms with Gasteiger partial charge < -0.3 is 21.1 Å². The summed E-state index contributed by atoms with van der Waals surface area (Å²) in [6.07, 6.45) is 0.151. The zero-order chi connectivity index (χ0) is 13.4. The molecule has 98 valence electrons. The highest BCUT2D eigenvalue weighted by Gasteiger charge is 2.04. The molecule has 6 heteroatoms. The van der Waals surface area contributed by atoms with Crippen LogP contribution in [0.4, 0.5) is 16.2 Å². The number of amides is 2. The van der Waals surface area contributed by atoms with Crippen molar-refractivity contribution < 1.29 is 14.3 Å². The molecule has 0 atom stereocenters. The lowest BCUT2D eigenvalue weighted by Crippen LogP contribution is -2.30. The molecule has 0 aliphatic heterocycles. The Bertz CT molecular complexity index is 421. The Kier molecular flexibility index (Phi) is 5.50. The number of carbonyl (C=O) groups is 2. The van der Waals surface area contributed by atoms with E-state index in [1.807, 2.05) is 0 Å². The minimum Gasteiger partial charge on any atom is -0.466 e. The van der Waals surface area contributed by atoms with Crippen molar-refractivity contribution in [2.45, 2.75) is 13.3 Å². The van der Waals surface area contributed by atoms with Crippen LogP contribution in [0.3, 0.4) is 0 Å². The summed E-state index contributed by atoms with van der Waals surface area (Å²) in [4.78, 5) is 22.5. The van der Waals surface area contributed by atoms with E-state index in [-0.39, 0.29) is 25.0 Å². The quantitative estimate of drug-likeness (QED) is 0.544. The molecule has 0 fully saturated rings. The molecular weight excluding hydrogens is 234 g/mol. The first-order valence-electron chi connectivity index (χ1n) is 5.68. The van der Waals surface area contributed by atoms with E-state index in [4.69, 9.17) is 10.5 Å². The summed E-state index contributed by atoms with van der Waals surface area (Å²) >= 11 is 0. The average molecular weight is 251 g/mol. The molecule has 1 rings (SSSR count). The number of esters is 1. The van der Waals surface area contributed by atoms with E-state index >= 15 is 0 Å². The number of hydrogen-bond donors (Lipinski definition) is 3. The molecule has 0 spiro atoms. The highest BCUT2D eigenvalue weighted by molar-refractivity contribution is 5.89. The monoisotopic (exact) mass is 251 g/mol. The van der Waals surface area contributed by atoms with E-state index in [0.29, 0.717) is 18.0 Å². The predicted octanol–water partition coefficient (Wildman–Crippen LogP) is 1.34. The average Bonchev–Trinajstić information content (AvgIpc) is 2.29. The SMILES string of the molecule is CCOC(=O)CCNC(=O)Nc1cccc(N)c1. The summed E-state index contributed by atoms with van der Waals surface area (Å²) in [5, 5.41) is 5.15. The third-order valence-corrected chi connectivity index (χ3v) is 2.06. The number of ether oxygens (including phenoxy) is 1. The Morgan fingerprint density at radius 1 is 1.39 bits per heavy atom. The Morgan fingerprint density at radius 3 is 2.83 bits per heavy atom. The van der Waals surface area contributed by atoms with E-state index in [2.05, 4.69) is 10.6 Å². The summed E-state index contributed by atoms with van der Waals surface area (Å²) in [5.74, 6) is -0.332. The lowest BCUT2D eigenvalue weighted by molar-refractivity contribution is -0.142. The molecule has 2 amide bonds. The normalized spacial score (nSPS) is 9.61. The van der Waals surface area contributed by atoms with Gasteiger partial charge in [0, 0.05) is 17.9 Å². The highest BCUT2D eigenvalue weighted by atomic mass is 16.5. The lowest BCUT2D eigenvalue weighted by atomic mass is 10.3. The van der Waals surface area contributed by atoms with Crippen molar-refractivity contribution in [1.29, 1.82) is 0 Å². The van der Waals surface area contributed by atoms with E-state index in [1.54, 1.807) is 31.2 Å². The molecular formula is C12H17N3O3. The predicted molar refractivity (Wildman–Crippen MR) is 69.1 cm³/mol. The molecule has 1 aromatic carbocycles. The Morgan fingerprint density at radius 2 is 2.17 bits per heavy atom. The number of nitrogen functional groups attached to an aromatic ring is 1. The van der Waals surface area contributed by atoms with Gasteiger partial charge in [-0.05, 0) is 25.1 Å². The number of carbonyl (C=O) groups excluding carboxylic acids is 2. The van der Waals surface area contributed by atoms with Gasteiger partial charge in [-0.2, -0.15) is 0 Å². The molecule has 0 aliphatic carbocycles. The first kappa shape index (κ1) is 13.8. The van der Waals surface area contributed by atoms with Crippen molar-refractivity contribution in [3.05, 3.63) is 24.3 Å². The van der Waals surface area contributed by atoms with Crippen LogP contribution in [0.15, 0.2) is 24.3 Å². The highest BCUT2D eigenvalue weighted by Crippen LogP contribution is 2.11. The zero-order valence-electron chi connectivity index (χ0n) is 10.2. The molecule has 0 saturated heterocycles. The van der Waals surface area contributed by atoms with Crippen LogP contribution in [-0.4, -0.2) is 25.2 Å². The number of anilines is 2. The third-order valence-electron chi connectivity index (χ3n) is 2.06. The second-order valence-corrected chi connectivity index (χ2v) is 3.56. The Hall–Kier alpha value is -2.24. The van der Waals surface area contributed by atoms with Gasteiger partial charge in [-0.25, -0.2) is 4.79 Å². The molecule has 0 aliphatic rings. The van der Waals surface area contributed by atoms with Gasteiger partial charge in [0.1, 0.15) is 0 Å². The minimum atomic E-state index is -0.384. The number of rotatable bonds is 5. The van der Waals surface area contributed by atoms with Crippen molar-refractivity contribution in [1.82, 2.24) is 5.32 Å². The van der Waals surface area contributed by atoms with Crippen molar-refractivity contribution in [2.24, 2.45) is 0 Å². The minimum absolute atomic E-state index is 0.151. The zero-order valence-corrected chi connectivity index (χ0v) is 10.2. The molecule has 0 saturated carbocycles. The van der Waals surface area contributed by atoms with Gasteiger partial charge in [0.05, 0.1) is 13.0 Å². The van der Waals surface area contributed by atoms with Crippen LogP contribution in [0, 0.1) is 0 Å². The summed E-state index contributed by atoms with van der Waals surface area (Å²) in [6.45, 7) is 2.30. The van der Waals surface area contributed by atoms with Crippen LogP contribution in [-0.2, 0) is 9.53 Å². The maximum atomic E-state index is 11.4. The first-order valence-corrected chi connectivity index (χ1v) is 5.68. The van der Waals surface area contributed by atoms with Crippen molar-refractivity contribution in [3.63, 3.8) is 0 Å². The van der Waals surface area contributed by atoms with Crippen LogP contribution in [0.2, 0.25) is 0 Å². The summed E-state index contributed by atoms with van der Waals surface area (Å²) in [7, 11) is 0. The van der Waals surface area contributed by atoms with Gasteiger partial charge in [-0.3, -0.25) is 4.79 Å². The molecule has 0 aromatic heterocycles.